The summed E-state index contributed by atoms with van der Waals surface area (Å²) in [6, 6.07) is -0.0881. The van der Waals surface area contributed by atoms with Gasteiger partial charge in [0.05, 0.1) is 25.3 Å². The Hall–Kier alpha value is -0.810. The lowest BCUT2D eigenvalue weighted by molar-refractivity contribution is 0.0137. The van der Waals surface area contributed by atoms with Crippen LogP contribution in [-0.2, 0) is 9.47 Å². The number of nitrogens with zero attached hydrogens (tertiary/aromatic N) is 1. The molecule has 16 heavy (non-hydrogen) atoms. The first-order valence-electron chi connectivity index (χ1n) is 5.50. The second kappa shape index (κ2) is 5.01. The number of carbonyl (C=O) groups excluding carboxylic acids is 1. The first-order chi connectivity index (χ1) is 7.33. The topological polar surface area (TPSA) is 59.0 Å². The van der Waals surface area contributed by atoms with Gasteiger partial charge in [-0.15, -0.1) is 0 Å². The van der Waals surface area contributed by atoms with Crippen LogP contribution in [-0.4, -0.2) is 54.1 Å². The third-order valence-electron chi connectivity index (χ3n) is 2.38. The zero-order valence-electron chi connectivity index (χ0n) is 10.4. The fourth-order valence-corrected chi connectivity index (χ4v) is 1.79. The lowest BCUT2D eigenvalue weighted by atomic mass is 10.2. The smallest absolute Gasteiger partial charge is 0.410 e. The van der Waals surface area contributed by atoms with Gasteiger partial charge in [0.25, 0.3) is 0 Å². The third-order valence-corrected chi connectivity index (χ3v) is 2.38. The van der Waals surface area contributed by atoms with Crippen molar-refractivity contribution in [3.63, 3.8) is 0 Å². The molecule has 1 N–H and O–H groups in total. The quantitative estimate of drug-likeness (QED) is 0.770. The molecule has 0 radical (unpaired) electrons. The second-order valence-electron chi connectivity index (χ2n) is 5.13. The fraction of sp³-hybridized carbons (Fsp3) is 0.909. The molecule has 2 unspecified atom stereocenters. The highest BCUT2D eigenvalue weighted by molar-refractivity contribution is 5.69. The van der Waals surface area contributed by atoms with Gasteiger partial charge in [-0.3, -0.25) is 0 Å². The van der Waals surface area contributed by atoms with Crippen LogP contribution in [0.5, 0.6) is 0 Å². The predicted octanol–water partition coefficient (Wildman–Crippen LogP) is 1.00. The molecular formula is C11H21NO4. The minimum Gasteiger partial charge on any atom is -0.444 e. The Bertz CT molecular complexity index is 249. The molecule has 1 fully saturated rings. The van der Waals surface area contributed by atoms with Gasteiger partial charge in [0.2, 0.25) is 0 Å². The largest absolute Gasteiger partial charge is 0.444 e. The highest BCUT2D eigenvalue weighted by atomic mass is 16.6. The summed E-state index contributed by atoms with van der Waals surface area (Å²) in [7, 11) is 1.58. The SMILES string of the molecule is COCC1CC(O)CN1C(=O)OC(C)(C)C. The molecule has 0 aliphatic carbocycles. The summed E-state index contributed by atoms with van der Waals surface area (Å²) in [5.74, 6) is 0. The number of β-amino-alcohol motifs (C(OH)–C–C–N with tert-alkyl or cyclic N) is 1. The van der Waals surface area contributed by atoms with Gasteiger partial charge in [0, 0.05) is 7.11 Å². The first kappa shape index (κ1) is 13.3. The Morgan fingerprint density at radius 3 is 2.62 bits per heavy atom. The second-order valence-corrected chi connectivity index (χ2v) is 5.13. The predicted molar refractivity (Wildman–Crippen MR) is 59.2 cm³/mol. The van der Waals surface area contributed by atoms with Gasteiger partial charge in [0.15, 0.2) is 0 Å². The van der Waals surface area contributed by atoms with E-state index in [1.165, 1.54) is 0 Å². The van der Waals surface area contributed by atoms with E-state index in [1.807, 2.05) is 20.8 Å². The Morgan fingerprint density at radius 2 is 2.12 bits per heavy atom. The van der Waals surface area contributed by atoms with Crippen LogP contribution in [0, 0.1) is 0 Å². The number of aliphatic hydroxyl groups is 1. The van der Waals surface area contributed by atoms with Crippen molar-refractivity contribution in [1.82, 2.24) is 4.90 Å². The molecule has 1 aliphatic heterocycles. The average Bonchev–Trinajstić information content (AvgIpc) is 2.44. The van der Waals surface area contributed by atoms with E-state index in [0.717, 1.165) is 0 Å². The Balaban J connectivity index is 2.59. The molecule has 1 heterocycles. The Labute approximate surface area is 96.3 Å². The highest BCUT2D eigenvalue weighted by Gasteiger charge is 2.36. The lowest BCUT2D eigenvalue weighted by Gasteiger charge is -2.28. The molecule has 1 amide bonds. The molecule has 1 saturated heterocycles. The molecule has 1 aliphatic rings. The summed E-state index contributed by atoms with van der Waals surface area (Å²) >= 11 is 0. The van der Waals surface area contributed by atoms with Crippen LogP contribution in [0.2, 0.25) is 0 Å². The maximum absolute atomic E-state index is 11.8. The van der Waals surface area contributed by atoms with Gasteiger partial charge >= 0.3 is 6.09 Å². The number of hydrogen-bond donors (Lipinski definition) is 1. The van der Waals surface area contributed by atoms with Crippen LogP contribution < -0.4 is 0 Å². The number of methoxy groups -OCH3 is 1. The number of likely N-dealkylation sites (tertiary alicyclic amines) is 1. The normalized spacial score (nSPS) is 25.9. The van der Waals surface area contributed by atoms with E-state index in [-0.39, 0.29) is 12.1 Å². The molecule has 0 spiro atoms. The van der Waals surface area contributed by atoms with Crippen LogP contribution in [0.3, 0.4) is 0 Å². The van der Waals surface area contributed by atoms with E-state index >= 15 is 0 Å². The van der Waals surface area contributed by atoms with E-state index in [1.54, 1.807) is 12.0 Å². The molecule has 0 bridgehead atoms. The van der Waals surface area contributed by atoms with Crippen molar-refractivity contribution in [3.05, 3.63) is 0 Å². The zero-order valence-corrected chi connectivity index (χ0v) is 10.4. The molecule has 2 atom stereocenters. The lowest BCUT2D eigenvalue weighted by Crippen LogP contribution is -2.41. The monoisotopic (exact) mass is 231 g/mol. The molecule has 5 heteroatoms. The number of rotatable bonds is 2. The summed E-state index contributed by atoms with van der Waals surface area (Å²) in [6.45, 7) is 6.22. The van der Waals surface area contributed by atoms with Gasteiger partial charge in [-0.05, 0) is 27.2 Å². The maximum Gasteiger partial charge on any atom is 0.410 e. The van der Waals surface area contributed by atoms with Gasteiger partial charge < -0.3 is 19.5 Å². The minimum atomic E-state index is -0.512. The Kier molecular flexibility index (Phi) is 4.15. The van der Waals surface area contributed by atoms with Crippen LogP contribution >= 0.6 is 0 Å². The molecule has 0 saturated carbocycles. The molecular weight excluding hydrogens is 210 g/mol. The summed E-state index contributed by atoms with van der Waals surface area (Å²) in [4.78, 5) is 13.4. The molecule has 5 nitrogen and oxygen atoms in total. The summed E-state index contributed by atoms with van der Waals surface area (Å²) in [6.07, 6.45) is -0.314. The van der Waals surface area contributed by atoms with Crippen molar-refractivity contribution in [2.45, 2.75) is 44.9 Å². The van der Waals surface area contributed by atoms with Crippen LogP contribution in [0.25, 0.3) is 0 Å². The highest BCUT2D eigenvalue weighted by Crippen LogP contribution is 2.21. The van der Waals surface area contributed by atoms with E-state index in [2.05, 4.69) is 0 Å². The molecule has 0 aromatic rings. The standard InChI is InChI=1S/C11H21NO4/c1-11(2,3)16-10(14)12-6-9(13)5-8(12)7-15-4/h8-9,13H,5-7H2,1-4H3. The van der Waals surface area contributed by atoms with Gasteiger partial charge in [-0.2, -0.15) is 0 Å². The van der Waals surface area contributed by atoms with Crippen molar-refractivity contribution >= 4 is 6.09 Å². The minimum absolute atomic E-state index is 0.0881. The first-order valence-corrected chi connectivity index (χ1v) is 5.50. The molecule has 94 valence electrons. The fourth-order valence-electron chi connectivity index (χ4n) is 1.79. The van der Waals surface area contributed by atoms with E-state index in [0.29, 0.717) is 19.6 Å². The number of hydrogen-bond acceptors (Lipinski definition) is 4. The van der Waals surface area contributed by atoms with Crippen LogP contribution in [0.4, 0.5) is 4.79 Å². The van der Waals surface area contributed by atoms with Crippen molar-refractivity contribution in [2.24, 2.45) is 0 Å². The molecule has 1 rings (SSSR count). The van der Waals surface area contributed by atoms with Gasteiger partial charge in [-0.1, -0.05) is 0 Å². The van der Waals surface area contributed by atoms with Crippen molar-refractivity contribution in [2.75, 3.05) is 20.3 Å². The third kappa shape index (κ3) is 3.64. The number of carbonyl (C=O) groups is 1. The van der Waals surface area contributed by atoms with Crippen molar-refractivity contribution in [3.8, 4) is 0 Å². The summed E-state index contributed by atoms with van der Waals surface area (Å²) < 4.78 is 10.3. The molecule has 0 aromatic heterocycles. The average molecular weight is 231 g/mol. The van der Waals surface area contributed by atoms with E-state index < -0.39 is 11.7 Å². The van der Waals surface area contributed by atoms with Crippen molar-refractivity contribution < 1.29 is 19.4 Å². The van der Waals surface area contributed by atoms with Gasteiger partial charge in [0.1, 0.15) is 5.60 Å². The van der Waals surface area contributed by atoms with Gasteiger partial charge in [-0.25, -0.2) is 4.79 Å². The summed E-state index contributed by atoms with van der Waals surface area (Å²) in [5.41, 5.74) is -0.512. The Morgan fingerprint density at radius 1 is 1.50 bits per heavy atom. The number of aliphatic hydroxyl groups excluding tert-OH is 1. The molecule has 0 aromatic carbocycles. The van der Waals surface area contributed by atoms with Crippen LogP contribution in [0.1, 0.15) is 27.2 Å². The van der Waals surface area contributed by atoms with E-state index in [4.69, 9.17) is 9.47 Å². The number of ether oxygens (including phenoxy) is 2. The van der Waals surface area contributed by atoms with Crippen molar-refractivity contribution in [1.29, 1.82) is 0 Å². The number of amides is 1. The van der Waals surface area contributed by atoms with Crippen LogP contribution in [0.15, 0.2) is 0 Å². The summed E-state index contributed by atoms with van der Waals surface area (Å²) in [5, 5.41) is 9.54. The van der Waals surface area contributed by atoms with E-state index in [9.17, 15) is 9.90 Å². The zero-order chi connectivity index (χ0) is 12.3. The maximum atomic E-state index is 11.8.